The molecule has 2 aromatic carbocycles. The molecule has 0 aliphatic rings. The number of amides is 1. The zero-order chi connectivity index (χ0) is 17.4. The number of allylic oxidation sites excluding steroid dienone is 1. The zero-order valence-electron chi connectivity index (χ0n) is 13.5. The standard InChI is InChI=1S/C19H19NO4/c1-14(8-13-18(21)23-2)15-9-11-16(12-10-15)20-19(22)24-17-6-4-3-5-7-17/h3-7,9-12H,1,8,13H2,2H3,(H,20,22). The van der Waals surface area contributed by atoms with Crippen LogP contribution in [0.25, 0.3) is 5.57 Å². The highest BCUT2D eigenvalue weighted by atomic mass is 16.6. The average Bonchev–Trinajstić information content (AvgIpc) is 2.60. The number of nitrogens with one attached hydrogen (secondary N) is 1. The van der Waals surface area contributed by atoms with Gasteiger partial charge in [-0.05, 0) is 41.8 Å². The highest BCUT2D eigenvalue weighted by Gasteiger charge is 2.07. The van der Waals surface area contributed by atoms with Crippen LogP contribution in [0, 0.1) is 0 Å². The molecule has 5 nitrogen and oxygen atoms in total. The van der Waals surface area contributed by atoms with Gasteiger partial charge in [-0.2, -0.15) is 0 Å². The Bertz CT molecular complexity index is 708. The fraction of sp³-hybridized carbons (Fsp3) is 0.158. The van der Waals surface area contributed by atoms with E-state index in [0.717, 1.165) is 11.1 Å². The minimum atomic E-state index is -0.557. The molecule has 24 heavy (non-hydrogen) atoms. The van der Waals surface area contributed by atoms with E-state index in [1.54, 1.807) is 36.4 Å². The number of hydrogen-bond acceptors (Lipinski definition) is 4. The molecule has 0 spiro atoms. The maximum Gasteiger partial charge on any atom is 0.417 e. The molecular weight excluding hydrogens is 306 g/mol. The molecule has 0 radical (unpaired) electrons. The van der Waals surface area contributed by atoms with Gasteiger partial charge in [-0.15, -0.1) is 0 Å². The largest absolute Gasteiger partial charge is 0.469 e. The number of para-hydroxylation sites is 1. The van der Waals surface area contributed by atoms with Crippen LogP contribution >= 0.6 is 0 Å². The Kier molecular flexibility index (Phi) is 6.14. The second kappa shape index (κ2) is 8.53. The molecule has 2 aromatic rings. The van der Waals surface area contributed by atoms with E-state index in [1.807, 2.05) is 18.2 Å². The first-order valence-corrected chi connectivity index (χ1v) is 7.47. The highest BCUT2D eigenvalue weighted by molar-refractivity contribution is 5.86. The third kappa shape index (κ3) is 5.28. The van der Waals surface area contributed by atoms with Gasteiger partial charge in [0, 0.05) is 12.1 Å². The first-order valence-electron chi connectivity index (χ1n) is 7.47. The lowest BCUT2D eigenvalue weighted by atomic mass is 10.0. The summed E-state index contributed by atoms with van der Waals surface area (Å²) in [4.78, 5) is 23.0. The molecule has 124 valence electrons. The number of benzene rings is 2. The van der Waals surface area contributed by atoms with Crippen molar-refractivity contribution in [2.45, 2.75) is 12.8 Å². The summed E-state index contributed by atoms with van der Waals surface area (Å²) >= 11 is 0. The van der Waals surface area contributed by atoms with Gasteiger partial charge in [0.15, 0.2) is 0 Å². The number of carbonyl (C=O) groups is 2. The molecule has 0 heterocycles. The quantitative estimate of drug-likeness (QED) is 0.806. The van der Waals surface area contributed by atoms with Gasteiger partial charge < -0.3 is 9.47 Å². The molecule has 0 atom stereocenters. The number of ether oxygens (including phenoxy) is 2. The van der Waals surface area contributed by atoms with E-state index in [2.05, 4.69) is 16.6 Å². The fourth-order valence-electron chi connectivity index (χ4n) is 2.03. The molecule has 0 saturated heterocycles. The monoisotopic (exact) mass is 325 g/mol. The number of carbonyl (C=O) groups excluding carboxylic acids is 2. The number of hydrogen-bond donors (Lipinski definition) is 1. The maximum absolute atomic E-state index is 11.8. The molecule has 2 rings (SSSR count). The average molecular weight is 325 g/mol. The summed E-state index contributed by atoms with van der Waals surface area (Å²) in [6.07, 6.45) is 0.257. The molecule has 1 N–H and O–H groups in total. The molecule has 0 fully saturated rings. The number of methoxy groups -OCH3 is 1. The maximum atomic E-state index is 11.8. The second-order valence-corrected chi connectivity index (χ2v) is 5.08. The van der Waals surface area contributed by atoms with Crippen molar-refractivity contribution in [3.8, 4) is 5.75 Å². The lowest BCUT2D eigenvalue weighted by molar-refractivity contribution is -0.140. The van der Waals surface area contributed by atoms with Crippen molar-refractivity contribution < 1.29 is 19.1 Å². The van der Waals surface area contributed by atoms with Gasteiger partial charge in [0.25, 0.3) is 0 Å². The summed E-state index contributed by atoms with van der Waals surface area (Å²) in [5.74, 6) is 0.209. The van der Waals surface area contributed by atoms with Crippen molar-refractivity contribution >= 4 is 23.3 Å². The highest BCUT2D eigenvalue weighted by Crippen LogP contribution is 2.20. The molecule has 0 aromatic heterocycles. The van der Waals surface area contributed by atoms with Crippen LogP contribution in [-0.4, -0.2) is 19.2 Å². The molecule has 1 amide bonds. The van der Waals surface area contributed by atoms with Crippen molar-refractivity contribution in [3.05, 3.63) is 66.7 Å². The van der Waals surface area contributed by atoms with Crippen LogP contribution in [0.2, 0.25) is 0 Å². The summed E-state index contributed by atoms with van der Waals surface area (Å²) in [5, 5.41) is 2.65. The summed E-state index contributed by atoms with van der Waals surface area (Å²) in [5.41, 5.74) is 2.35. The summed E-state index contributed by atoms with van der Waals surface area (Å²) in [7, 11) is 1.36. The Labute approximate surface area is 140 Å². The molecule has 0 bridgehead atoms. The van der Waals surface area contributed by atoms with E-state index >= 15 is 0 Å². The fourth-order valence-corrected chi connectivity index (χ4v) is 2.03. The lowest BCUT2D eigenvalue weighted by Gasteiger charge is -2.09. The van der Waals surface area contributed by atoms with Crippen LogP contribution in [0.1, 0.15) is 18.4 Å². The van der Waals surface area contributed by atoms with Crippen LogP contribution < -0.4 is 10.1 Å². The molecule has 0 saturated carbocycles. The van der Waals surface area contributed by atoms with Crippen LogP contribution in [0.3, 0.4) is 0 Å². The third-order valence-electron chi connectivity index (χ3n) is 3.35. The number of rotatable bonds is 6. The Balaban J connectivity index is 1.88. The smallest absolute Gasteiger partial charge is 0.417 e. The summed E-state index contributed by atoms with van der Waals surface area (Å²) in [6.45, 7) is 3.96. The van der Waals surface area contributed by atoms with Crippen LogP contribution in [0.4, 0.5) is 10.5 Å². The molecular formula is C19H19NO4. The minimum Gasteiger partial charge on any atom is -0.469 e. The number of esters is 1. The summed E-state index contributed by atoms with van der Waals surface area (Å²) < 4.78 is 9.76. The van der Waals surface area contributed by atoms with E-state index in [9.17, 15) is 9.59 Å². The third-order valence-corrected chi connectivity index (χ3v) is 3.35. The molecule has 5 heteroatoms. The SMILES string of the molecule is C=C(CCC(=O)OC)c1ccc(NC(=O)Oc2ccccc2)cc1. The van der Waals surface area contributed by atoms with Gasteiger partial charge in [-0.3, -0.25) is 10.1 Å². The van der Waals surface area contributed by atoms with E-state index in [1.165, 1.54) is 7.11 Å². The second-order valence-electron chi connectivity index (χ2n) is 5.08. The predicted molar refractivity (Wildman–Crippen MR) is 92.8 cm³/mol. The first kappa shape index (κ1) is 17.3. The lowest BCUT2D eigenvalue weighted by Crippen LogP contribution is -2.16. The summed E-state index contributed by atoms with van der Waals surface area (Å²) in [6, 6.07) is 16.0. The minimum absolute atomic E-state index is 0.266. The number of anilines is 1. The topological polar surface area (TPSA) is 64.6 Å². The van der Waals surface area contributed by atoms with E-state index < -0.39 is 6.09 Å². The van der Waals surface area contributed by atoms with Crippen molar-refractivity contribution in [1.29, 1.82) is 0 Å². The van der Waals surface area contributed by atoms with Gasteiger partial charge >= 0.3 is 12.1 Å². The predicted octanol–water partition coefficient (Wildman–Crippen LogP) is 4.26. The van der Waals surface area contributed by atoms with Crippen molar-refractivity contribution in [2.75, 3.05) is 12.4 Å². The Morgan fingerprint density at radius 1 is 1.00 bits per heavy atom. The Hall–Kier alpha value is -3.08. The molecule has 0 unspecified atom stereocenters. The zero-order valence-corrected chi connectivity index (χ0v) is 13.5. The normalized spacial score (nSPS) is 9.88. The van der Waals surface area contributed by atoms with Gasteiger partial charge in [0.2, 0.25) is 0 Å². The van der Waals surface area contributed by atoms with E-state index in [-0.39, 0.29) is 5.97 Å². The Morgan fingerprint density at radius 2 is 1.67 bits per heavy atom. The van der Waals surface area contributed by atoms with Crippen molar-refractivity contribution in [1.82, 2.24) is 0 Å². The van der Waals surface area contributed by atoms with Crippen molar-refractivity contribution in [3.63, 3.8) is 0 Å². The van der Waals surface area contributed by atoms with E-state index in [4.69, 9.17) is 4.74 Å². The first-order chi connectivity index (χ1) is 11.6. The van der Waals surface area contributed by atoms with Gasteiger partial charge in [-0.25, -0.2) is 4.79 Å². The molecule has 0 aliphatic heterocycles. The Morgan fingerprint density at radius 3 is 2.29 bits per heavy atom. The molecule has 0 aliphatic carbocycles. The van der Waals surface area contributed by atoms with Gasteiger partial charge in [-0.1, -0.05) is 36.9 Å². The van der Waals surface area contributed by atoms with Crippen molar-refractivity contribution in [2.24, 2.45) is 0 Å². The van der Waals surface area contributed by atoms with Crippen LogP contribution in [0.5, 0.6) is 5.75 Å². The van der Waals surface area contributed by atoms with Gasteiger partial charge in [0.1, 0.15) is 5.75 Å². The van der Waals surface area contributed by atoms with Crippen LogP contribution in [-0.2, 0) is 9.53 Å². The van der Waals surface area contributed by atoms with E-state index in [0.29, 0.717) is 24.3 Å². The van der Waals surface area contributed by atoms with Crippen LogP contribution in [0.15, 0.2) is 61.2 Å². The van der Waals surface area contributed by atoms with Gasteiger partial charge in [0.05, 0.1) is 7.11 Å².